The summed E-state index contributed by atoms with van der Waals surface area (Å²) >= 11 is 6.06. The van der Waals surface area contributed by atoms with Crippen molar-refractivity contribution in [3.63, 3.8) is 0 Å². The molecule has 1 aliphatic heterocycles. The van der Waals surface area contributed by atoms with E-state index < -0.39 is 16.1 Å². The van der Waals surface area contributed by atoms with E-state index in [2.05, 4.69) is 20.9 Å². The first-order chi connectivity index (χ1) is 15.9. The number of hydrogen-bond donors (Lipinski definition) is 0. The van der Waals surface area contributed by atoms with Crippen LogP contribution in [-0.2, 0) is 21.4 Å². The second kappa shape index (κ2) is 9.22. The van der Waals surface area contributed by atoms with Crippen molar-refractivity contribution >= 4 is 69.9 Å². The highest BCUT2D eigenvalue weighted by atomic mass is 79.9. The Bertz CT molecular complexity index is 1390. The van der Waals surface area contributed by atoms with E-state index in [-0.39, 0.29) is 16.7 Å². The van der Waals surface area contributed by atoms with E-state index in [1.165, 1.54) is 27.0 Å². The molecule has 1 amide bonds. The zero-order chi connectivity index (χ0) is 23.0. The standard InChI is InChI=1S/C22H19BrN4O3S3/c23-16-5-6-17-19(13-16)32-22(25-17)26(14-15-7-9-24-10-8-15)21(28)18-3-1-11-27(18)33(29,30)20-4-2-12-31-20/h2,4-10,12-13,18H,1,3,11,14H2. The highest BCUT2D eigenvalue weighted by molar-refractivity contribution is 9.10. The number of pyridine rings is 1. The number of rotatable bonds is 6. The summed E-state index contributed by atoms with van der Waals surface area (Å²) in [6.45, 7) is 0.609. The molecule has 7 nitrogen and oxygen atoms in total. The summed E-state index contributed by atoms with van der Waals surface area (Å²) in [5.41, 5.74) is 1.68. The molecule has 1 atom stereocenters. The normalized spacial score (nSPS) is 16.9. The van der Waals surface area contributed by atoms with Gasteiger partial charge in [-0.1, -0.05) is 33.3 Å². The molecule has 0 spiro atoms. The Labute approximate surface area is 207 Å². The van der Waals surface area contributed by atoms with Crippen molar-refractivity contribution in [1.29, 1.82) is 0 Å². The van der Waals surface area contributed by atoms with Gasteiger partial charge in [-0.25, -0.2) is 13.4 Å². The smallest absolute Gasteiger partial charge is 0.253 e. The van der Waals surface area contributed by atoms with Crippen LogP contribution in [0.2, 0.25) is 0 Å². The Morgan fingerprint density at radius 1 is 1.21 bits per heavy atom. The van der Waals surface area contributed by atoms with Crippen molar-refractivity contribution in [1.82, 2.24) is 14.3 Å². The van der Waals surface area contributed by atoms with Crippen LogP contribution in [0.5, 0.6) is 0 Å². The largest absolute Gasteiger partial charge is 0.282 e. The summed E-state index contributed by atoms with van der Waals surface area (Å²) in [4.78, 5) is 24.3. The van der Waals surface area contributed by atoms with Gasteiger partial charge in [0.15, 0.2) is 5.13 Å². The first-order valence-electron chi connectivity index (χ1n) is 10.3. The topological polar surface area (TPSA) is 83.5 Å². The van der Waals surface area contributed by atoms with Crippen LogP contribution in [0.4, 0.5) is 5.13 Å². The number of fused-ring (bicyclic) bond motifs is 1. The average molecular weight is 564 g/mol. The number of amides is 1. The number of thiophene rings is 1. The van der Waals surface area contributed by atoms with Gasteiger partial charge in [0.05, 0.1) is 16.8 Å². The molecular formula is C22H19BrN4O3S3. The summed E-state index contributed by atoms with van der Waals surface area (Å²) in [7, 11) is -3.74. The Morgan fingerprint density at radius 3 is 2.79 bits per heavy atom. The van der Waals surface area contributed by atoms with Gasteiger partial charge in [0.2, 0.25) is 5.91 Å². The van der Waals surface area contributed by atoms with Crippen molar-refractivity contribution in [2.24, 2.45) is 0 Å². The van der Waals surface area contributed by atoms with Gasteiger partial charge >= 0.3 is 0 Å². The second-order valence-electron chi connectivity index (χ2n) is 7.59. The Morgan fingerprint density at radius 2 is 2.03 bits per heavy atom. The summed E-state index contributed by atoms with van der Waals surface area (Å²) < 4.78 is 30.0. The monoisotopic (exact) mass is 562 g/mol. The average Bonchev–Trinajstić information content (AvgIpc) is 3.58. The molecule has 1 unspecified atom stereocenters. The number of anilines is 1. The fourth-order valence-corrected chi connectivity index (χ4v) is 8.19. The minimum atomic E-state index is -3.74. The first kappa shape index (κ1) is 22.6. The number of nitrogens with zero attached hydrogens (tertiary/aromatic N) is 4. The first-order valence-corrected chi connectivity index (χ1v) is 14.2. The highest BCUT2D eigenvalue weighted by Gasteiger charge is 2.42. The maximum absolute atomic E-state index is 13.9. The molecule has 1 aromatic carbocycles. The minimum Gasteiger partial charge on any atom is -0.282 e. The molecule has 0 saturated carbocycles. The molecule has 1 aliphatic rings. The lowest BCUT2D eigenvalue weighted by atomic mass is 10.2. The number of hydrogen-bond acceptors (Lipinski definition) is 7. The van der Waals surface area contributed by atoms with Crippen molar-refractivity contribution in [2.75, 3.05) is 11.4 Å². The van der Waals surface area contributed by atoms with Crippen LogP contribution < -0.4 is 4.90 Å². The summed E-state index contributed by atoms with van der Waals surface area (Å²) in [6.07, 6.45) is 4.47. The minimum absolute atomic E-state index is 0.257. The van der Waals surface area contributed by atoms with Crippen LogP contribution in [-0.4, -0.2) is 41.2 Å². The second-order valence-corrected chi connectivity index (χ2v) is 12.6. The molecule has 1 fully saturated rings. The van der Waals surface area contributed by atoms with Gasteiger partial charge in [0.25, 0.3) is 10.0 Å². The number of halogens is 1. The Hall–Kier alpha value is -2.18. The maximum atomic E-state index is 13.9. The van der Waals surface area contributed by atoms with E-state index in [0.29, 0.717) is 24.5 Å². The molecule has 0 N–H and O–H groups in total. The van der Waals surface area contributed by atoms with E-state index >= 15 is 0 Å². The van der Waals surface area contributed by atoms with E-state index in [1.54, 1.807) is 34.8 Å². The molecule has 4 heterocycles. The van der Waals surface area contributed by atoms with Gasteiger partial charge < -0.3 is 0 Å². The molecule has 1 saturated heterocycles. The molecular weight excluding hydrogens is 544 g/mol. The molecule has 0 aliphatic carbocycles. The lowest BCUT2D eigenvalue weighted by Gasteiger charge is -2.28. The third-order valence-corrected chi connectivity index (χ3v) is 10.3. The quantitative estimate of drug-likeness (QED) is 0.333. The predicted octanol–water partition coefficient (Wildman–Crippen LogP) is 4.90. The summed E-state index contributed by atoms with van der Waals surface area (Å²) in [5.74, 6) is -0.262. The molecule has 11 heteroatoms. The number of sulfonamides is 1. The molecule has 4 aromatic rings. The number of carbonyl (C=O) groups is 1. The van der Waals surface area contributed by atoms with Crippen molar-refractivity contribution in [3.8, 4) is 0 Å². The fourth-order valence-electron chi connectivity index (χ4n) is 3.89. The van der Waals surface area contributed by atoms with Gasteiger partial charge in [-0.15, -0.1) is 11.3 Å². The molecule has 3 aromatic heterocycles. The van der Waals surface area contributed by atoms with Gasteiger partial charge in [0.1, 0.15) is 10.3 Å². The lowest BCUT2D eigenvalue weighted by molar-refractivity contribution is -0.121. The zero-order valence-corrected chi connectivity index (χ0v) is 21.3. The maximum Gasteiger partial charge on any atom is 0.253 e. The van der Waals surface area contributed by atoms with Gasteiger partial charge in [0, 0.05) is 23.4 Å². The van der Waals surface area contributed by atoms with E-state index in [4.69, 9.17) is 4.98 Å². The van der Waals surface area contributed by atoms with Crippen molar-refractivity contribution < 1.29 is 13.2 Å². The summed E-state index contributed by atoms with van der Waals surface area (Å²) in [6, 6.07) is 12.0. The Balaban J connectivity index is 1.53. The molecule has 0 radical (unpaired) electrons. The van der Waals surface area contributed by atoms with Crippen molar-refractivity contribution in [2.45, 2.75) is 29.6 Å². The number of aromatic nitrogens is 2. The fraction of sp³-hybridized carbons (Fsp3) is 0.227. The summed E-state index contributed by atoms with van der Waals surface area (Å²) in [5, 5.41) is 2.28. The highest BCUT2D eigenvalue weighted by Crippen LogP contribution is 2.35. The van der Waals surface area contributed by atoms with Gasteiger partial charge in [-0.05, 0) is 60.2 Å². The number of thiazole rings is 1. The number of carbonyl (C=O) groups excluding carboxylic acids is 1. The van der Waals surface area contributed by atoms with Crippen LogP contribution in [0.15, 0.2) is 68.9 Å². The molecule has 5 rings (SSSR count). The third kappa shape index (κ3) is 4.47. The molecule has 33 heavy (non-hydrogen) atoms. The number of benzene rings is 1. The lowest BCUT2D eigenvalue weighted by Crippen LogP contribution is -2.47. The van der Waals surface area contributed by atoms with Crippen molar-refractivity contribution in [3.05, 3.63) is 70.3 Å². The Kier molecular flexibility index (Phi) is 6.32. The third-order valence-electron chi connectivity index (χ3n) is 5.47. The van der Waals surface area contributed by atoms with Crippen LogP contribution in [0.1, 0.15) is 18.4 Å². The van der Waals surface area contributed by atoms with Gasteiger partial charge in [-0.2, -0.15) is 4.31 Å². The van der Waals surface area contributed by atoms with E-state index in [1.807, 2.05) is 30.3 Å². The van der Waals surface area contributed by atoms with E-state index in [9.17, 15) is 13.2 Å². The van der Waals surface area contributed by atoms with Crippen LogP contribution >= 0.6 is 38.6 Å². The SMILES string of the molecule is O=C(C1CCCN1S(=O)(=O)c1cccs1)N(Cc1ccncc1)c1nc2ccc(Br)cc2s1. The van der Waals surface area contributed by atoms with E-state index in [0.717, 1.165) is 20.3 Å². The molecule has 0 bridgehead atoms. The predicted molar refractivity (Wildman–Crippen MR) is 134 cm³/mol. The van der Waals surface area contributed by atoms with Crippen LogP contribution in [0.25, 0.3) is 10.2 Å². The van der Waals surface area contributed by atoms with Crippen LogP contribution in [0, 0.1) is 0 Å². The zero-order valence-electron chi connectivity index (χ0n) is 17.3. The molecule has 170 valence electrons. The van der Waals surface area contributed by atoms with Crippen LogP contribution in [0.3, 0.4) is 0 Å². The van der Waals surface area contributed by atoms with Gasteiger partial charge in [-0.3, -0.25) is 14.7 Å².